The van der Waals surface area contributed by atoms with Crippen LogP contribution in [0.2, 0.25) is 0 Å². The second-order valence-electron chi connectivity index (χ2n) is 2.15. The number of amidine groups is 1. The number of hydrogen-bond acceptors (Lipinski definition) is 3. The number of nitrogens with zero attached hydrogens (tertiary/aromatic N) is 1. The quantitative estimate of drug-likeness (QED) is 0.277. The van der Waals surface area contributed by atoms with Gasteiger partial charge in [0.15, 0.2) is 0 Å². The third-order valence-electron chi connectivity index (χ3n) is 1.26. The van der Waals surface area contributed by atoms with Crippen LogP contribution >= 0.6 is 11.8 Å². The van der Waals surface area contributed by atoms with Crippen molar-refractivity contribution < 1.29 is 0 Å². The van der Waals surface area contributed by atoms with Gasteiger partial charge in [-0.05, 0) is 6.42 Å². The monoisotopic (exact) mass is 161 g/mol. The van der Waals surface area contributed by atoms with E-state index in [4.69, 9.17) is 11.6 Å². The normalized spacial score (nSPS) is 15.2. The van der Waals surface area contributed by atoms with E-state index >= 15 is 0 Å². The largest absolute Gasteiger partial charge is 0.385 e. The second-order valence-corrected chi connectivity index (χ2v) is 3.58. The molecule has 0 aromatic rings. The molecular formula is C6H15N3S. The molecule has 0 saturated carbocycles. The van der Waals surface area contributed by atoms with Gasteiger partial charge in [-0.2, -0.15) is 16.9 Å². The van der Waals surface area contributed by atoms with E-state index in [1.807, 2.05) is 0 Å². The molecule has 0 spiro atoms. The first-order chi connectivity index (χ1) is 4.70. The summed E-state index contributed by atoms with van der Waals surface area (Å²) in [5.41, 5.74) is 5.38. The van der Waals surface area contributed by atoms with Gasteiger partial charge in [0, 0.05) is 5.25 Å². The molecule has 4 N–H and O–H groups in total. The zero-order chi connectivity index (χ0) is 7.98. The van der Waals surface area contributed by atoms with Crippen LogP contribution in [-0.4, -0.2) is 16.8 Å². The van der Waals surface area contributed by atoms with Crippen molar-refractivity contribution in [1.82, 2.24) is 0 Å². The van der Waals surface area contributed by atoms with E-state index in [2.05, 4.69) is 18.9 Å². The minimum atomic E-state index is 0.519. The van der Waals surface area contributed by atoms with Gasteiger partial charge in [0.2, 0.25) is 0 Å². The number of nitrogens with two attached hydrogens (primary N) is 2. The van der Waals surface area contributed by atoms with Crippen LogP contribution < -0.4 is 11.6 Å². The summed E-state index contributed by atoms with van der Waals surface area (Å²) in [5.74, 6) is 6.21. The topological polar surface area (TPSA) is 64.4 Å². The van der Waals surface area contributed by atoms with Crippen molar-refractivity contribution >= 4 is 17.6 Å². The molecule has 60 valence electrons. The van der Waals surface area contributed by atoms with Crippen LogP contribution in [0.3, 0.4) is 0 Å². The van der Waals surface area contributed by atoms with E-state index < -0.39 is 0 Å². The molecule has 0 aliphatic rings. The fourth-order valence-electron chi connectivity index (χ4n) is 0.383. The Morgan fingerprint density at radius 2 is 2.30 bits per heavy atom. The highest BCUT2D eigenvalue weighted by Crippen LogP contribution is 2.12. The van der Waals surface area contributed by atoms with E-state index in [1.54, 1.807) is 11.8 Å². The van der Waals surface area contributed by atoms with Crippen molar-refractivity contribution in [2.75, 3.05) is 5.75 Å². The van der Waals surface area contributed by atoms with Crippen molar-refractivity contribution in [3.8, 4) is 0 Å². The Bertz CT molecular complexity index is 114. The molecule has 3 nitrogen and oxygen atoms in total. The van der Waals surface area contributed by atoms with Crippen LogP contribution in [-0.2, 0) is 0 Å². The molecule has 1 atom stereocenters. The van der Waals surface area contributed by atoms with E-state index in [0.717, 1.165) is 12.2 Å². The van der Waals surface area contributed by atoms with Gasteiger partial charge < -0.3 is 11.6 Å². The molecule has 0 aromatic heterocycles. The van der Waals surface area contributed by atoms with Crippen molar-refractivity contribution in [2.24, 2.45) is 16.7 Å². The second kappa shape index (κ2) is 5.41. The molecule has 0 heterocycles. The van der Waals surface area contributed by atoms with E-state index in [-0.39, 0.29) is 0 Å². The number of rotatable bonds is 4. The smallest absolute Gasteiger partial charge is 0.129 e. The molecule has 1 unspecified atom stereocenters. The third-order valence-corrected chi connectivity index (χ3v) is 2.62. The lowest BCUT2D eigenvalue weighted by Crippen LogP contribution is -2.18. The Morgan fingerprint density at radius 1 is 1.70 bits per heavy atom. The van der Waals surface area contributed by atoms with Gasteiger partial charge in [-0.25, -0.2) is 0 Å². The summed E-state index contributed by atoms with van der Waals surface area (Å²) >= 11 is 1.77. The maximum absolute atomic E-state index is 5.38. The van der Waals surface area contributed by atoms with Crippen LogP contribution in [0.5, 0.6) is 0 Å². The zero-order valence-corrected chi connectivity index (χ0v) is 7.32. The Morgan fingerprint density at radius 3 is 2.70 bits per heavy atom. The van der Waals surface area contributed by atoms with Crippen LogP contribution in [0.25, 0.3) is 0 Å². The lowest BCUT2D eigenvalue weighted by molar-refractivity contribution is 0.908. The van der Waals surface area contributed by atoms with E-state index in [1.165, 1.54) is 0 Å². The lowest BCUT2D eigenvalue weighted by atomic mass is 10.4. The third kappa shape index (κ3) is 4.49. The minimum Gasteiger partial charge on any atom is -0.385 e. The van der Waals surface area contributed by atoms with Gasteiger partial charge in [0.05, 0.1) is 5.75 Å². The minimum absolute atomic E-state index is 0.519. The number of hydrogen-bond donors (Lipinski definition) is 2. The molecule has 0 aliphatic carbocycles. The van der Waals surface area contributed by atoms with Gasteiger partial charge >= 0.3 is 0 Å². The molecule has 0 radical (unpaired) electrons. The molecule has 0 aliphatic heterocycles. The zero-order valence-electron chi connectivity index (χ0n) is 6.50. The molecule has 0 amide bonds. The van der Waals surface area contributed by atoms with Crippen LogP contribution in [0.15, 0.2) is 5.10 Å². The van der Waals surface area contributed by atoms with Crippen molar-refractivity contribution in [3.63, 3.8) is 0 Å². The maximum Gasteiger partial charge on any atom is 0.129 e. The fourth-order valence-corrected chi connectivity index (χ4v) is 1.15. The van der Waals surface area contributed by atoms with E-state index in [0.29, 0.717) is 11.1 Å². The standard InChI is InChI=1S/C6H15N3S/c1-3-5(2)10-4-6(7)9-8/h5H,3-4,8H2,1-2H3,(H2,7,9). The summed E-state index contributed by atoms with van der Waals surface area (Å²) in [6.45, 7) is 4.31. The average Bonchev–Trinajstić information content (AvgIpc) is 1.99. The van der Waals surface area contributed by atoms with Crippen LogP contribution in [0.4, 0.5) is 0 Å². The maximum atomic E-state index is 5.38. The highest BCUT2D eigenvalue weighted by Gasteiger charge is 1.99. The first-order valence-electron chi connectivity index (χ1n) is 3.34. The van der Waals surface area contributed by atoms with Gasteiger partial charge in [-0.1, -0.05) is 13.8 Å². The van der Waals surface area contributed by atoms with Crippen LogP contribution in [0, 0.1) is 0 Å². The average molecular weight is 161 g/mol. The first-order valence-corrected chi connectivity index (χ1v) is 4.39. The summed E-state index contributed by atoms with van der Waals surface area (Å²) in [4.78, 5) is 0. The highest BCUT2D eigenvalue weighted by molar-refractivity contribution is 8.00. The summed E-state index contributed by atoms with van der Waals surface area (Å²) in [7, 11) is 0. The molecule has 0 fully saturated rings. The van der Waals surface area contributed by atoms with Gasteiger partial charge in [-0.15, -0.1) is 0 Å². The molecule has 0 rings (SSSR count). The van der Waals surface area contributed by atoms with Crippen LogP contribution in [0.1, 0.15) is 20.3 Å². The molecule has 0 saturated heterocycles. The Hall–Kier alpha value is -0.380. The summed E-state index contributed by atoms with van der Waals surface area (Å²) in [6.07, 6.45) is 1.16. The fraction of sp³-hybridized carbons (Fsp3) is 0.833. The predicted molar refractivity (Wildman–Crippen MR) is 48.0 cm³/mol. The Labute approximate surface area is 66.2 Å². The highest BCUT2D eigenvalue weighted by atomic mass is 32.2. The van der Waals surface area contributed by atoms with Gasteiger partial charge in [0.1, 0.15) is 5.84 Å². The van der Waals surface area contributed by atoms with Crippen molar-refractivity contribution in [3.05, 3.63) is 0 Å². The SMILES string of the molecule is CCC(C)SC/C(N)=N/N. The van der Waals surface area contributed by atoms with E-state index in [9.17, 15) is 0 Å². The Kier molecular flexibility index (Phi) is 5.20. The molecule has 0 bridgehead atoms. The predicted octanol–water partition coefficient (Wildman–Crippen LogP) is 0.749. The number of hydrazone groups is 1. The molecule has 10 heavy (non-hydrogen) atoms. The summed E-state index contributed by atoms with van der Waals surface area (Å²) < 4.78 is 0. The summed E-state index contributed by atoms with van der Waals surface area (Å²) in [5, 5.41) is 4.01. The Balaban J connectivity index is 3.35. The lowest BCUT2D eigenvalue weighted by Gasteiger charge is -2.05. The first kappa shape index (κ1) is 9.62. The van der Waals surface area contributed by atoms with Crippen molar-refractivity contribution in [2.45, 2.75) is 25.5 Å². The van der Waals surface area contributed by atoms with Gasteiger partial charge in [-0.3, -0.25) is 0 Å². The van der Waals surface area contributed by atoms with Crippen molar-refractivity contribution in [1.29, 1.82) is 0 Å². The molecule has 4 heteroatoms. The summed E-state index contributed by atoms with van der Waals surface area (Å²) in [6, 6.07) is 0. The molecule has 0 aromatic carbocycles. The number of thioether (sulfide) groups is 1. The van der Waals surface area contributed by atoms with Gasteiger partial charge in [0.25, 0.3) is 0 Å². The molecular weight excluding hydrogens is 146 g/mol.